The summed E-state index contributed by atoms with van der Waals surface area (Å²) in [7, 11) is 0. The van der Waals surface area contributed by atoms with Crippen LogP contribution in [-0.4, -0.2) is 24.6 Å². The molecule has 0 aromatic heterocycles. The van der Waals surface area contributed by atoms with Crippen molar-refractivity contribution >= 4 is 5.96 Å². The normalized spacial score (nSPS) is 45.1. The maximum atomic E-state index is 4.46. The van der Waals surface area contributed by atoms with E-state index in [1.807, 2.05) is 0 Å². The van der Waals surface area contributed by atoms with Gasteiger partial charge in [-0.15, -0.1) is 0 Å². The number of fused-ring (bicyclic) bond motifs is 1. The highest BCUT2D eigenvalue weighted by atomic mass is 15.2. The number of hydrogen-bond donors (Lipinski definition) is 2. The molecule has 0 bridgehead atoms. The van der Waals surface area contributed by atoms with Crippen molar-refractivity contribution in [2.75, 3.05) is 6.54 Å². The Morgan fingerprint density at radius 3 is 3.14 bits per heavy atom. The third kappa shape index (κ3) is 1.49. The van der Waals surface area contributed by atoms with Crippen LogP contribution in [0.2, 0.25) is 0 Å². The lowest BCUT2D eigenvalue weighted by Gasteiger charge is -2.23. The van der Waals surface area contributed by atoms with Gasteiger partial charge in [-0.3, -0.25) is 4.99 Å². The first-order valence-corrected chi connectivity index (χ1v) is 5.90. The average Bonchev–Trinajstić information content (AvgIpc) is 2.86. The first-order valence-electron chi connectivity index (χ1n) is 5.90. The molecule has 4 unspecified atom stereocenters. The highest BCUT2D eigenvalue weighted by molar-refractivity contribution is 5.82. The number of hydrogen-bond acceptors (Lipinski definition) is 3. The standard InChI is InChI=1S/C11H19N3/c1-7-6-12-11(13-7)14-10-4-2-3-8-5-9(8)10/h7-10H,2-6H2,1H3,(H2,12,13,14). The van der Waals surface area contributed by atoms with Gasteiger partial charge in [0.05, 0.1) is 6.54 Å². The van der Waals surface area contributed by atoms with Gasteiger partial charge < -0.3 is 10.6 Å². The molecular weight excluding hydrogens is 174 g/mol. The topological polar surface area (TPSA) is 36.4 Å². The molecule has 0 radical (unpaired) electrons. The van der Waals surface area contributed by atoms with Crippen LogP contribution >= 0.6 is 0 Å². The Hall–Kier alpha value is -0.730. The fourth-order valence-electron chi connectivity index (χ4n) is 2.90. The van der Waals surface area contributed by atoms with E-state index in [2.05, 4.69) is 22.5 Å². The zero-order valence-corrected chi connectivity index (χ0v) is 8.79. The molecule has 3 nitrogen and oxygen atoms in total. The van der Waals surface area contributed by atoms with Gasteiger partial charge in [0.2, 0.25) is 0 Å². The van der Waals surface area contributed by atoms with E-state index in [9.17, 15) is 0 Å². The maximum Gasteiger partial charge on any atom is 0.191 e. The Kier molecular flexibility index (Phi) is 1.92. The summed E-state index contributed by atoms with van der Waals surface area (Å²) in [5, 5.41) is 6.96. The highest BCUT2D eigenvalue weighted by Crippen LogP contribution is 2.49. The summed E-state index contributed by atoms with van der Waals surface area (Å²) in [5.41, 5.74) is 0. The van der Waals surface area contributed by atoms with Crippen LogP contribution in [0.25, 0.3) is 0 Å². The highest BCUT2D eigenvalue weighted by Gasteiger charge is 2.45. The van der Waals surface area contributed by atoms with Crippen molar-refractivity contribution in [3.05, 3.63) is 0 Å². The molecule has 0 amide bonds. The molecule has 0 saturated heterocycles. The van der Waals surface area contributed by atoms with Crippen molar-refractivity contribution in [1.29, 1.82) is 0 Å². The lowest BCUT2D eigenvalue weighted by atomic mass is 9.96. The third-order valence-corrected chi connectivity index (χ3v) is 3.81. The van der Waals surface area contributed by atoms with Gasteiger partial charge in [-0.2, -0.15) is 0 Å². The van der Waals surface area contributed by atoms with Gasteiger partial charge in [-0.25, -0.2) is 0 Å². The maximum absolute atomic E-state index is 4.46. The molecule has 0 spiro atoms. The number of nitrogens with one attached hydrogen (secondary N) is 2. The molecule has 4 atom stereocenters. The molecule has 1 heterocycles. The van der Waals surface area contributed by atoms with Crippen molar-refractivity contribution in [1.82, 2.24) is 10.6 Å². The van der Waals surface area contributed by atoms with E-state index in [1.54, 1.807) is 0 Å². The molecule has 0 aromatic carbocycles. The van der Waals surface area contributed by atoms with E-state index in [-0.39, 0.29) is 0 Å². The molecule has 2 N–H and O–H groups in total. The summed E-state index contributed by atoms with van der Waals surface area (Å²) in [6.07, 6.45) is 5.68. The van der Waals surface area contributed by atoms with Crippen LogP contribution < -0.4 is 10.6 Å². The molecule has 3 rings (SSSR count). The number of nitrogens with zero attached hydrogens (tertiary/aromatic N) is 1. The monoisotopic (exact) mass is 193 g/mol. The van der Waals surface area contributed by atoms with E-state index in [1.165, 1.54) is 25.7 Å². The third-order valence-electron chi connectivity index (χ3n) is 3.81. The van der Waals surface area contributed by atoms with Crippen LogP contribution in [0.15, 0.2) is 4.99 Å². The van der Waals surface area contributed by atoms with Crippen molar-refractivity contribution in [3.63, 3.8) is 0 Å². The Morgan fingerprint density at radius 1 is 1.43 bits per heavy atom. The van der Waals surface area contributed by atoms with E-state index >= 15 is 0 Å². The van der Waals surface area contributed by atoms with Crippen molar-refractivity contribution in [2.24, 2.45) is 16.8 Å². The molecule has 78 valence electrons. The van der Waals surface area contributed by atoms with Gasteiger partial charge in [0, 0.05) is 12.1 Å². The summed E-state index contributed by atoms with van der Waals surface area (Å²) in [4.78, 5) is 4.46. The average molecular weight is 193 g/mol. The first-order chi connectivity index (χ1) is 6.83. The van der Waals surface area contributed by atoms with E-state index in [0.29, 0.717) is 12.1 Å². The first kappa shape index (κ1) is 8.57. The number of aliphatic imine (C=N–C) groups is 1. The van der Waals surface area contributed by atoms with E-state index in [4.69, 9.17) is 0 Å². The van der Waals surface area contributed by atoms with Gasteiger partial charge in [0.1, 0.15) is 0 Å². The lowest BCUT2D eigenvalue weighted by Crippen LogP contribution is -2.45. The minimum atomic E-state index is 0.524. The molecule has 2 aliphatic carbocycles. The Balaban J connectivity index is 1.57. The zero-order chi connectivity index (χ0) is 9.54. The zero-order valence-electron chi connectivity index (χ0n) is 8.79. The fourth-order valence-corrected chi connectivity index (χ4v) is 2.90. The summed E-state index contributed by atoms with van der Waals surface area (Å²) >= 11 is 0. The smallest absolute Gasteiger partial charge is 0.191 e. The second kappa shape index (κ2) is 3.14. The van der Waals surface area contributed by atoms with Crippen molar-refractivity contribution < 1.29 is 0 Å². The number of guanidine groups is 1. The summed E-state index contributed by atoms with van der Waals surface area (Å²) in [6.45, 7) is 3.11. The molecule has 2 saturated carbocycles. The minimum Gasteiger partial charge on any atom is -0.353 e. The predicted molar refractivity (Wildman–Crippen MR) is 57.3 cm³/mol. The Labute approximate surface area is 85.4 Å². The van der Waals surface area contributed by atoms with Crippen LogP contribution in [0, 0.1) is 11.8 Å². The molecule has 1 aliphatic heterocycles. The predicted octanol–water partition coefficient (Wildman–Crippen LogP) is 1.11. The second-order valence-corrected chi connectivity index (χ2v) is 5.08. The lowest BCUT2D eigenvalue weighted by molar-refractivity contribution is 0.389. The van der Waals surface area contributed by atoms with Crippen LogP contribution in [0.3, 0.4) is 0 Å². The fraction of sp³-hybridized carbons (Fsp3) is 0.909. The Morgan fingerprint density at radius 2 is 2.36 bits per heavy atom. The van der Waals surface area contributed by atoms with Gasteiger partial charge in [-0.05, 0) is 31.6 Å². The Bertz CT molecular complexity index is 261. The van der Waals surface area contributed by atoms with Crippen molar-refractivity contribution in [2.45, 2.75) is 44.7 Å². The molecule has 0 aromatic rings. The second-order valence-electron chi connectivity index (χ2n) is 5.08. The van der Waals surface area contributed by atoms with E-state index in [0.717, 1.165) is 24.3 Å². The van der Waals surface area contributed by atoms with Gasteiger partial charge in [-0.1, -0.05) is 12.8 Å². The van der Waals surface area contributed by atoms with Gasteiger partial charge in [0.15, 0.2) is 5.96 Å². The molecule has 3 aliphatic rings. The van der Waals surface area contributed by atoms with Gasteiger partial charge >= 0.3 is 0 Å². The van der Waals surface area contributed by atoms with Crippen LogP contribution in [-0.2, 0) is 0 Å². The minimum absolute atomic E-state index is 0.524. The van der Waals surface area contributed by atoms with Crippen LogP contribution in [0.5, 0.6) is 0 Å². The summed E-state index contributed by atoms with van der Waals surface area (Å²) in [5.74, 6) is 3.06. The number of rotatable bonds is 1. The molecular formula is C11H19N3. The molecule has 3 heteroatoms. The van der Waals surface area contributed by atoms with Crippen LogP contribution in [0.1, 0.15) is 32.6 Å². The summed E-state index contributed by atoms with van der Waals surface area (Å²) in [6, 6.07) is 1.24. The molecule has 2 fully saturated rings. The quantitative estimate of drug-likeness (QED) is 0.654. The summed E-state index contributed by atoms with van der Waals surface area (Å²) < 4.78 is 0. The van der Waals surface area contributed by atoms with Gasteiger partial charge in [0.25, 0.3) is 0 Å². The van der Waals surface area contributed by atoms with Crippen molar-refractivity contribution in [3.8, 4) is 0 Å². The van der Waals surface area contributed by atoms with E-state index < -0.39 is 0 Å². The SMILES string of the molecule is CC1CN=C(NC2CCCC3CC32)N1. The largest absolute Gasteiger partial charge is 0.353 e. The molecule has 14 heavy (non-hydrogen) atoms. The van der Waals surface area contributed by atoms with Crippen LogP contribution in [0.4, 0.5) is 0 Å².